The first-order valence-electron chi connectivity index (χ1n) is 11.1. The maximum atomic E-state index is 13.1. The van der Waals surface area contributed by atoms with E-state index in [0.717, 1.165) is 5.56 Å². The fraction of sp³-hybridized carbons (Fsp3) is 0.348. The third-order valence-corrected chi connectivity index (χ3v) is 6.42. The zero-order chi connectivity index (χ0) is 25.0. The van der Waals surface area contributed by atoms with E-state index in [2.05, 4.69) is 30.7 Å². The van der Waals surface area contributed by atoms with Gasteiger partial charge in [0.05, 0.1) is 11.8 Å². The molecular weight excluding hydrogens is 461 g/mol. The molecule has 0 saturated heterocycles. The molecule has 2 unspecified atom stereocenters. The van der Waals surface area contributed by atoms with Crippen LogP contribution in [0.5, 0.6) is 0 Å². The third-order valence-electron chi connectivity index (χ3n) is 6.42. The molecule has 4 heterocycles. The standard InChI is InChI=1S/C23H23F3N8O/c1-22(12-7-4-3-5-8-12)15-17(27)31-19(32-18(15)33-21(22)35)16-13-11-28-34(2)20(13)30-14(29-16)9-6-10-23(24,25)26/h3-5,7-8,11,16H,6,9-10H2,1-2H3,(H,29,30)(H3,27,31,32,33,35). The highest BCUT2D eigenvalue weighted by molar-refractivity contribution is 6.08. The summed E-state index contributed by atoms with van der Waals surface area (Å²) in [6.45, 7) is 1.77. The van der Waals surface area contributed by atoms with Crippen molar-refractivity contribution in [1.82, 2.24) is 25.1 Å². The van der Waals surface area contributed by atoms with E-state index in [-0.39, 0.29) is 30.4 Å². The molecule has 182 valence electrons. The summed E-state index contributed by atoms with van der Waals surface area (Å²) in [5.41, 5.74) is 7.22. The number of aromatic nitrogens is 4. The Kier molecular flexibility index (Phi) is 5.26. The topological polar surface area (TPSA) is 123 Å². The van der Waals surface area contributed by atoms with Crippen molar-refractivity contribution in [1.29, 1.82) is 0 Å². The molecule has 9 nitrogen and oxygen atoms in total. The molecule has 35 heavy (non-hydrogen) atoms. The number of alkyl halides is 3. The first kappa shape index (κ1) is 22.8. The van der Waals surface area contributed by atoms with Crippen molar-refractivity contribution in [2.24, 2.45) is 12.0 Å². The van der Waals surface area contributed by atoms with Crippen LogP contribution in [-0.2, 0) is 17.3 Å². The van der Waals surface area contributed by atoms with Crippen molar-refractivity contribution >= 4 is 29.2 Å². The SMILES string of the molecule is Cn1ncc2c1N=C(CCCC(F)(F)F)NC2c1nc(N)c2c(n1)NC(=O)C2(C)c1ccccc1. The van der Waals surface area contributed by atoms with Gasteiger partial charge in [0.2, 0.25) is 5.91 Å². The lowest BCUT2D eigenvalue weighted by Crippen LogP contribution is -2.34. The van der Waals surface area contributed by atoms with Crippen molar-refractivity contribution in [3.8, 4) is 0 Å². The number of benzene rings is 1. The van der Waals surface area contributed by atoms with Crippen LogP contribution in [0.25, 0.3) is 0 Å². The van der Waals surface area contributed by atoms with Gasteiger partial charge in [-0.25, -0.2) is 15.0 Å². The van der Waals surface area contributed by atoms with Crippen molar-refractivity contribution in [2.75, 3.05) is 11.1 Å². The summed E-state index contributed by atoms with van der Waals surface area (Å²) in [5.74, 6) is 1.30. The fourth-order valence-corrected chi connectivity index (χ4v) is 4.58. The highest BCUT2D eigenvalue weighted by atomic mass is 19.4. The largest absolute Gasteiger partial charge is 0.389 e. The van der Waals surface area contributed by atoms with Crippen LogP contribution in [0.3, 0.4) is 0 Å². The first-order chi connectivity index (χ1) is 16.6. The van der Waals surface area contributed by atoms with Crippen molar-refractivity contribution in [3.63, 3.8) is 0 Å². The Morgan fingerprint density at radius 1 is 1.20 bits per heavy atom. The highest BCUT2D eigenvalue weighted by Crippen LogP contribution is 2.45. The molecular formula is C23H23F3N8O. The van der Waals surface area contributed by atoms with Crippen LogP contribution in [0.1, 0.15) is 54.7 Å². The lowest BCUT2D eigenvalue weighted by molar-refractivity contribution is -0.135. The van der Waals surface area contributed by atoms with E-state index in [9.17, 15) is 18.0 Å². The second kappa shape index (κ2) is 8.07. The molecule has 3 aromatic rings. The molecule has 2 aromatic heterocycles. The summed E-state index contributed by atoms with van der Waals surface area (Å²) in [6, 6.07) is 8.58. The smallest absolute Gasteiger partial charge is 0.383 e. The summed E-state index contributed by atoms with van der Waals surface area (Å²) >= 11 is 0. The lowest BCUT2D eigenvalue weighted by Gasteiger charge is -2.26. The number of nitrogens with two attached hydrogens (primary N) is 1. The predicted octanol–water partition coefficient (Wildman–Crippen LogP) is 3.51. The molecule has 12 heteroatoms. The molecule has 0 aliphatic carbocycles. The molecule has 1 aromatic carbocycles. The second-order valence-electron chi connectivity index (χ2n) is 8.79. The van der Waals surface area contributed by atoms with Crippen LogP contribution in [0.4, 0.5) is 30.6 Å². The number of carbonyl (C=O) groups excluding carboxylic acids is 1. The van der Waals surface area contributed by atoms with Crippen LogP contribution in [0.15, 0.2) is 41.5 Å². The van der Waals surface area contributed by atoms with Gasteiger partial charge in [0.15, 0.2) is 11.6 Å². The second-order valence-corrected chi connectivity index (χ2v) is 8.79. The number of aliphatic imine (C=N–C) groups is 1. The Labute approximate surface area is 198 Å². The van der Waals surface area contributed by atoms with Crippen LogP contribution >= 0.6 is 0 Å². The lowest BCUT2D eigenvalue weighted by atomic mass is 9.78. The zero-order valence-corrected chi connectivity index (χ0v) is 19.0. The van der Waals surface area contributed by atoms with E-state index >= 15 is 0 Å². The molecule has 0 bridgehead atoms. The molecule has 4 N–H and O–H groups in total. The monoisotopic (exact) mass is 484 g/mol. The fourth-order valence-electron chi connectivity index (χ4n) is 4.58. The van der Waals surface area contributed by atoms with E-state index in [4.69, 9.17) is 5.73 Å². The van der Waals surface area contributed by atoms with Gasteiger partial charge in [-0.15, -0.1) is 0 Å². The molecule has 2 atom stereocenters. The van der Waals surface area contributed by atoms with Gasteiger partial charge in [0.1, 0.15) is 28.9 Å². The average molecular weight is 484 g/mol. The molecule has 1 amide bonds. The van der Waals surface area contributed by atoms with Crippen LogP contribution < -0.4 is 16.4 Å². The van der Waals surface area contributed by atoms with Crippen LogP contribution in [-0.4, -0.2) is 37.7 Å². The number of carbonyl (C=O) groups is 1. The molecule has 5 rings (SSSR count). The minimum Gasteiger partial charge on any atom is -0.383 e. The normalized spacial score (nSPS) is 21.1. The third kappa shape index (κ3) is 3.88. The van der Waals surface area contributed by atoms with E-state index < -0.39 is 24.1 Å². The maximum absolute atomic E-state index is 13.1. The summed E-state index contributed by atoms with van der Waals surface area (Å²) < 4.78 is 39.5. The van der Waals surface area contributed by atoms with Crippen LogP contribution in [0, 0.1) is 0 Å². The molecule has 2 aliphatic rings. The predicted molar refractivity (Wildman–Crippen MR) is 123 cm³/mol. The van der Waals surface area contributed by atoms with Gasteiger partial charge < -0.3 is 16.4 Å². The van der Waals surface area contributed by atoms with Gasteiger partial charge >= 0.3 is 6.18 Å². The van der Waals surface area contributed by atoms with E-state index in [1.807, 2.05) is 30.3 Å². The number of amidine groups is 1. The molecule has 2 aliphatic heterocycles. The van der Waals surface area contributed by atoms with Crippen molar-refractivity contribution in [2.45, 2.75) is 43.8 Å². The highest BCUT2D eigenvalue weighted by Gasteiger charge is 2.48. The Morgan fingerprint density at radius 3 is 2.66 bits per heavy atom. The number of rotatable bonds is 5. The number of fused-ring (bicyclic) bond motifs is 2. The van der Waals surface area contributed by atoms with E-state index in [0.29, 0.717) is 28.6 Å². The number of nitrogens with zero attached hydrogens (tertiary/aromatic N) is 5. The van der Waals surface area contributed by atoms with Gasteiger partial charge in [-0.05, 0) is 18.9 Å². The zero-order valence-electron chi connectivity index (χ0n) is 19.0. The number of amides is 1. The Balaban J connectivity index is 1.51. The number of anilines is 2. The number of aryl methyl sites for hydroxylation is 1. The van der Waals surface area contributed by atoms with Crippen molar-refractivity contribution in [3.05, 3.63) is 59.0 Å². The minimum atomic E-state index is -4.24. The van der Waals surface area contributed by atoms with Gasteiger partial charge in [0.25, 0.3) is 0 Å². The summed E-state index contributed by atoms with van der Waals surface area (Å²) in [4.78, 5) is 26.7. The van der Waals surface area contributed by atoms with Gasteiger partial charge in [-0.1, -0.05) is 30.3 Å². The van der Waals surface area contributed by atoms with E-state index in [1.165, 1.54) is 4.68 Å². The first-order valence-corrected chi connectivity index (χ1v) is 11.1. The Bertz CT molecular complexity index is 1330. The average Bonchev–Trinajstić information content (AvgIpc) is 3.30. The molecule has 0 radical (unpaired) electrons. The number of hydrogen-bond acceptors (Lipinski definition) is 7. The van der Waals surface area contributed by atoms with Gasteiger partial charge in [-0.3, -0.25) is 9.48 Å². The number of nitrogen functional groups attached to an aromatic ring is 1. The minimum absolute atomic E-state index is 0.0872. The molecule has 0 spiro atoms. The Hall–Kier alpha value is -3.96. The van der Waals surface area contributed by atoms with E-state index in [1.54, 1.807) is 20.2 Å². The number of nitrogens with one attached hydrogen (secondary N) is 2. The summed E-state index contributed by atoms with van der Waals surface area (Å²) in [7, 11) is 1.70. The number of hydrogen-bond donors (Lipinski definition) is 3. The van der Waals surface area contributed by atoms with Crippen LogP contribution in [0.2, 0.25) is 0 Å². The molecule has 0 saturated carbocycles. The Morgan fingerprint density at radius 2 is 1.94 bits per heavy atom. The quantitative estimate of drug-likeness (QED) is 0.509. The van der Waals surface area contributed by atoms with Crippen molar-refractivity contribution < 1.29 is 18.0 Å². The summed E-state index contributed by atoms with van der Waals surface area (Å²) in [5, 5.41) is 10.2. The number of halogens is 3. The maximum Gasteiger partial charge on any atom is 0.389 e. The van der Waals surface area contributed by atoms with Gasteiger partial charge in [-0.2, -0.15) is 18.3 Å². The van der Waals surface area contributed by atoms with Gasteiger partial charge in [0, 0.05) is 25.5 Å². The summed E-state index contributed by atoms with van der Waals surface area (Å²) in [6.07, 6.45) is -3.59. The molecule has 0 fully saturated rings.